The van der Waals surface area contributed by atoms with Crippen LogP contribution < -0.4 is 5.32 Å². The van der Waals surface area contributed by atoms with Gasteiger partial charge >= 0.3 is 0 Å². The van der Waals surface area contributed by atoms with Crippen molar-refractivity contribution in [2.45, 2.75) is 6.42 Å². The van der Waals surface area contributed by atoms with Crippen LogP contribution in [0.1, 0.15) is 6.42 Å². The van der Waals surface area contributed by atoms with Crippen molar-refractivity contribution in [3.63, 3.8) is 0 Å². The quantitative estimate of drug-likeness (QED) is 0.867. The van der Waals surface area contributed by atoms with E-state index in [9.17, 15) is 4.79 Å². The van der Waals surface area contributed by atoms with Gasteiger partial charge in [0.05, 0.1) is 16.7 Å². The lowest BCUT2D eigenvalue weighted by Crippen LogP contribution is -2.14. The van der Waals surface area contributed by atoms with Gasteiger partial charge in [-0.2, -0.15) is 0 Å². The Bertz CT molecular complexity index is 756. The molecule has 0 unspecified atom stereocenters. The molecule has 0 saturated heterocycles. The van der Waals surface area contributed by atoms with E-state index in [0.29, 0.717) is 28.1 Å². The van der Waals surface area contributed by atoms with Crippen molar-refractivity contribution < 1.29 is 9.53 Å². The summed E-state index contributed by atoms with van der Waals surface area (Å²) >= 11 is 12.0. The van der Waals surface area contributed by atoms with E-state index >= 15 is 0 Å². The fraction of sp³-hybridized carbons (Fsp3) is 0.118. The second-order valence-corrected chi connectivity index (χ2v) is 5.68. The highest BCUT2D eigenvalue weighted by Gasteiger charge is 2.15. The zero-order chi connectivity index (χ0) is 15.5. The van der Waals surface area contributed by atoms with Gasteiger partial charge < -0.3 is 10.1 Å². The predicted molar refractivity (Wildman–Crippen MR) is 89.2 cm³/mol. The first-order valence-electron chi connectivity index (χ1n) is 6.83. The van der Waals surface area contributed by atoms with Crippen LogP contribution in [0.15, 0.2) is 54.3 Å². The summed E-state index contributed by atoms with van der Waals surface area (Å²) in [6, 6.07) is 13.0. The number of amides is 1. The summed E-state index contributed by atoms with van der Waals surface area (Å²) in [5.41, 5.74) is 2.57. The molecule has 1 aliphatic heterocycles. The molecule has 1 N–H and O–H groups in total. The number of halogens is 2. The number of carbonyl (C=O) groups excluding carboxylic acids is 1. The molecule has 0 radical (unpaired) electrons. The fourth-order valence-corrected chi connectivity index (χ4v) is 2.52. The van der Waals surface area contributed by atoms with Crippen LogP contribution in [0, 0.1) is 0 Å². The average molecular weight is 334 g/mol. The molecule has 0 saturated carbocycles. The summed E-state index contributed by atoms with van der Waals surface area (Å²) in [7, 11) is 0. The van der Waals surface area contributed by atoms with Crippen molar-refractivity contribution in [1.82, 2.24) is 0 Å². The van der Waals surface area contributed by atoms with Crippen molar-refractivity contribution >= 4 is 34.8 Å². The van der Waals surface area contributed by atoms with Crippen molar-refractivity contribution in [2.24, 2.45) is 0 Å². The van der Waals surface area contributed by atoms with E-state index in [1.807, 2.05) is 30.3 Å². The molecule has 1 amide bonds. The zero-order valence-electron chi connectivity index (χ0n) is 11.6. The summed E-state index contributed by atoms with van der Waals surface area (Å²) in [4.78, 5) is 12.0. The van der Waals surface area contributed by atoms with Crippen molar-refractivity contribution in [1.29, 1.82) is 0 Å². The molecule has 112 valence electrons. The number of hydrogen-bond donors (Lipinski definition) is 1. The third-order valence-electron chi connectivity index (χ3n) is 3.30. The largest absolute Gasteiger partial charge is 0.488 e. The molecule has 3 rings (SSSR count). The molecule has 0 bridgehead atoms. The van der Waals surface area contributed by atoms with Crippen LogP contribution in [0.3, 0.4) is 0 Å². The lowest BCUT2D eigenvalue weighted by Gasteiger charge is -2.09. The normalized spacial score (nSPS) is 13.5. The Morgan fingerprint density at radius 1 is 1.05 bits per heavy atom. The first kappa shape index (κ1) is 14.9. The van der Waals surface area contributed by atoms with Gasteiger partial charge in [0.25, 0.3) is 5.91 Å². The van der Waals surface area contributed by atoms with E-state index in [1.165, 1.54) is 0 Å². The van der Waals surface area contributed by atoms with Crippen LogP contribution in [0.4, 0.5) is 5.69 Å². The maximum atomic E-state index is 12.0. The first-order chi connectivity index (χ1) is 10.6. The highest BCUT2D eigenvalue weighted by Crippen LogP contribution is 2.29. The third-order valence-corrected chi connectivity index (χ3v) is 4.04. The molecule has 0 atom stereocenters. The second-order valence-electron chi connectivity index (χ2n) is 4.87. The van der Waals surface area contributed by atoms with Gasteiger partial charge in [-0.3, -0.25) is 4.79 Å². The van der Waals surface area contributed by atoms with Crippen LogP contribution in [-0.4, -0.2) is 12.5 Å². The number of ether oxygens (including phenoxy) is 1. The number of benzene rings is 2. The lowest BCUT2D eigenvalue weighted by molar-refractivity contribution is -0.115. The Morgan fingerprint density at radius 3 is 2.59 bits per heavy atom. The summed E-state index contributed by atoms with van der Waals surface area (Å²) in [6.45, 7) is 0.562. The van der Waals surface area contributed by atoms with Crippen LogP contribution in [-0.2, 0) is 9.53 Å². The molecule has 0 aliphatic carbocycles. The van der Waals surface area contributed by atoms with E-state index in [2.05, 4.69) is 5.32 Å². The molecule has 0 aromatic heterocycles. The van der Waals surface area contributed by atoms with Crippen LogP contribution >= 0.6 is 23.2 Å². The minimum absolute atomic E-state index is 0.233. The van der Waals surface area contributed by atoms with Gasteiger partial charge in [0.15, 0.2) is 5.76 Å². The molecule has 1 aliphatic rings. The smallest absolute Gasteiger partial charge is 0.290 e. The minimum Gasteiger partial charge on any atom is -0.488 e. The van der Waals surface area contributed by atoms with Gasteiger partial charge in [-0.15, -0.1) is 0 Å². The Morgan fingerprint density at radius 2 is 1.86 bits per heavy atom. The van der Waals surface area contributed by atoms with Crippen LogP contribution in [0.2, 0.25) is 10.0 Å². The molecule has 2 aromatic rings. The molecule has 0 spiro atoms. The lowest BCUT2D eigenvalue weighted by atomic mass is 10.1. The van der Waals surface area contributed by atoms with Crippen LogP contribution in [0.25, 0.3) is 11.1 Å². The number of nitrogens with one attached hydrogen (secondary N) is 1. The van der Waals surface area contributed by atoms with E-state index < -0.39 is 0 Å². The van der Waals surface area contributed by atoms with Gasteiger partial charge in [0.2, 0.25) is 0 Å². The minimum atomic E-state index is -0.233. The van der Waals surface area contributed by atoms with E-state index in [4.69, 9.17) is 27.9 Å². The predicted octanol–water partition coefficient (Wildman–Crippen LogP) is 4.90. The highest BCUT2D eigenvalue weighted by molar-refractivity contribution is 6.42. The van der Waals surface area contributed by atoms with E-state index in [-0.39, 0.29) is 5.91 Å². The molecular weight excluding hydrogens is 321 g/mol. The maximum absolute atomic E-state index is 12.0. The third kappa shape index (κ3) is 3.26. The molecule has 0 fully saturated rings. The molecular formula is C17H13Cl2NO2. The van der Waals surface area contributed by atoms with Crippen molar-refractivity contribution in [3.8, 4) is 11.1 Å². The second kappa shape index (κ2) is 6.42. The number of rotatable bonds is 3. The van der Waals surface area contributed by atoms with Crippen LogP contribution in [0.5, 0.6) is 0 Å². The average Bonchev–Trinajstić information content (AvgIpc) is 3.05. The van der Waals surface area contributed by atoms with Gasteiger partial charge in [-0.25, -0.2) is 0 Å². The Hall–Kier alpha value is -1.97. The van der Waals surface area contributed by atoms with Crippen molar-refractivity contribution in [2.75, 3.05) is 11.9 Å². The number of hydrogen-bond acceptors (Lipinski definition) is 2. The zero-order valence-corrected chi connectivity index (χ0v) is 13.1. The molecule has 3 nitrogen and oxygen atoms in total. The summed E-state index contributed by atoms with van der Waals surface area (Å²) < 4.78 is 5.25. The van der Waals surface area contributed by atoms with Gasteiger partial charge in [0, 0.05) is 12.1 Å². The molecule has 22 heavy (non-hydrogen) atoms. The maximum Gasteiger partial charge on any atom is 0.290 e. The summed E-state index contributed by atoms with van der Waals surface area (Å²) in [5.74, 6) is 0.142. The topological polar surface area (TPSA) is 38.3 Å². The molecule has 5 heteroatoms. The number of anilines is 1. The monoisotopic (exact) mass is 333 g/mol. The highest BCUT2D eigenvalue weighted by atomic mass is 35.5. The van der Waals surface area contributed by atoms with Gasteiger partial charge in [0.1, 0.15) is 0 Å². The SMILES string of the molecule is O=C(Nc1cccc(-c2ccc(Cl)c(Cl)c2)c1)C1=CCCO1. The van der Waals surface area contributed by atoms with Gasteiger partial charge in [-0.1, -0.05) is 41.4 Å². The molecule has 2 aromatic carbocycles. The Kier molecular flexibility index (Phi) is 4.36. The summed E-state index contributed by atoms with van der Waals surface area (Å²) in [6.07, 6.45) is 2.56. The van der Waals surface area contributed by atoms with Crippen molar-refractivity contribution in [3.05, 3.63) is 64.3 Å². The van der Waals surface area contributed by atoms with E-state index in [1.54, 1.807) is 18.2 Å². The van der Waals surface area contributed by atoms with E-state index in [0.717, 1.165) is 17.5 Å². The first-order valence-corrected chi connectivity index (χ1v) is 7.59. The fourth-order valence-electron chi connectivity index (χ4n) is 2.22. The summed E-state index contributed by atoms with van der Waals surface area (Å²) in [5, 5.41) is 3.84. The molecule has 1 heterocycles. The van der Waals surface area contributed by atoms with Gasteiger partial charge in [-0.05, 0) is 41.5 Å². The number of carbonyl (C=O) groups is 1. The standard InChI is InChI=1S/C17H13Cl2NO2/c18-14-7-6-12(10-15(14)19)11-3-1-4-13(9-11)20-17(21)16-5-2-8-22-16/h1,3-7,9-10H,2,8H2,(H,20,21). The Balaban J connectivity index is 1.83. The Labute approximate surface area is 138 Å².